The molecule has 5 heteroatoms. The fourth-order valence-electron chi connectivity index (χ4n) is 1.48. The van der Waals surface area contributed by atoms with Crippen molar-refractivity contribution in [1.29, 1.82) is 0 Å². The van der Waals surface area contributed by atoms with Crippen LogP contribution in [-0.2, 0) is 0 Å². The van der Waals surface area contributed by atoms with Gasteiger partial charge in [0.25, 0.3) is 0 Å². The fourth-order valence-corrected chi connectivity index (χ4v) is 1.95. The molecule has 0 atom stereocenters. The number of hydrogen-bond donors (Lipinski definition) is 0. The smallest absolute Gasteiger partial charge is 0.213 e. The number of ketones is 1. The Kier molecular flexibility index (Phi) is 3.84. The number of benzene rings is 1. The van der Waals surface area contributed by atoms with E-state index in [-0.39, 0.29) is 16.5 Å². The molecule has 1 aromatic heterocycles. The Morgan fingerprint density at radius 3 is 2.72 bits per heavy atom. The fraction of sp³-hybridized carbons (Fsp3) is 0.0769. The first-order chi connectivity index (χ1) is 8.61. The van der Waals surface area contributed by atoms with Gasteiger partial charge in [0.15, 0.2) is 0 Å². The van der Waals surface area contributed by atoms with Gasteiger partial charge in [-0.1, -0.05) is 35.3 Å². The molecule has 0 radical (unpaired) electrons. The van der Waals surface area contributed by atoms with E-state index < -0.39 is 0 Å². The van der Waals surface area contributed by atoms with Gasteiger partial charge >= 0.3 is 0 Å². The van der Waals surface area contributed by atoms with Crippen molar-refractivity contribution in [3.8, 4) is 5.75 Å². The second kappa shape index (κ2) is 5.38. The van der Waals surface area contributed by atoms with Gasteiger partial charge in [-0.25, -0.2) is 4.98 Å². The van der Waals surface area contributed by atoms with Gasteiger partial charge < -0.3 is 4.74 Å². The van der Waals surface area contributed by atoms with Gasteiger partial charge in [0.2, 0.25) is 5.78 Å². The van der Waals surface area contributed by atoms with Crippen molar-refractivity contribution in [2.75, 3.05) is 7.11 Å². The minimum Gasteiger partial charge on any atom is -0.497 e. The summed E-state index contributed by atoms with van der Waals surface area (Å²) in [6.07, 6.45) is 1.39. The summed E-state index contributed by atoms with van der Waals surface area (Å²) in [5.74, 6) is 0.335. The predicted molar refractivity (Wildman–Crippen MR) is 70.7 cm³/mol. The summed E-state index contributed by atoms with van der Waals surface area (Å²) in [4.78, 5) is 16.2. The second-order valence-corrected chi connectivity index (χ2v) is 4.39. The van der Waals surface area contributed by atoms with Crippen LogP contribution >= 0.6 is 23.2 Å². The third-order valence-corrected chi connectivity index (χ3v) is 2.85. The number of aromatic nitrogens is 1. The number of ether oxygens (including phenoxy) is 1. The molecule has 0 saturated heterocycles. The van der Waals surface area contributed by atoms with Crippen LogP contribution in [0.4, 0.5) is 0 Å². The minimum absolute atomic E-state index is 0.175. The molecule has 92 valence electrons. The van der Waals surface area contributed by atoms with Gasteiger partial charge in [0.05, 0.1) is 17.2 Å². The van der Waals surface area contributed by atoms with Gasteiger partial charge in [-0.3, -0.25) is 4.79 Å². The molecule has 18 heavy (non-hydrogen) atoms. The zero-order chi connectivity index (χ0) is 13.1. The molecular weight excluding hydrogens is 273 g/mol. The van der Waals surface area contributed by atoms with E-state index in [1.165, 1.54) is 19.4 Å². The number of carbonyl (C=O) groups excluding carboxylic acids is 1. The van der Waals surface area contributed by atoms with Crippen molar-refractivity contribution in [2.45, 2.75) is 0 Å². The normalized spacial score (nSPS) is 10.2. The predicted octanol–water partition coefficient (Wildman–Crippen LogP) is 3.63. The third-order valence-electron chi connectivity index (χ3n) is 2.35. The maximum absolute atomic E-state index is 12.2. The zero-order valence-electron chi connectivity index (χ0n) is 9.48. The molecule has 0 aliphatic rings. The Bertz CT molecular complexity index is 599. The zero-order valence-corrected chi connectivity index (χ0v) is 11.0. The van der Waals surface area contributed by atoms with Crippen LogP contribution in [0.2, 0.25) is 10.0 Å². The second-order valence-electron chi connectivity index (χ2n) is 3.55. The lowest BCUT2D eigenvalue weighted by molar-refractivity contribution is 0.103. The van der Waals surface area contributed by atoms with Crippen LogP contribution in [0, 0.1) is 0 Å². The van der Waals surface area contributed by atoms with E-state index in [2.05, 4.69) is 4.98 Å². The van der Waals surface area contributed by atoms with Gasteiger partial charge in [-0.2, -0.15) is 0 Å². The Morgan fingerprint density at radius 2 is 2.06 bits per heavy atom. The number of nitrogens with zero attached hydrogens (tertiary/aromatic N) is 1. The molecule has 2 aromatic rings. The SMILES string of the molecule is COc1cccc(C(=O)c2ncc(Cl)cc2Cl)c1. The van der Waals surface area contributed by atoms with Crippen LogP contribution in [-0.4, -0.2) is 17.9 Å². The summed E-state index contributed by atoms with van der Waals surface area (Å²) >= 11 is 11.7. The molecule has 0 unspecified atom stereocenters. The van der Waals surface area contributed by atoms with Crippen LogP contribution in [0.15, 0.2) is 36.5 Å². The summed E-state index contributed by atoms with van der Waals surface area (Å²) in [7, 11) is 1.54. The quantitative estimate of drug-likeness (QED) is 0.807. The van der Waals surface area contributed by atoms with Crippen molar-refractivity contribution in [3.63, 3.8) is 0 Å². The Morgan fingerprint density at radius 1 is 1.28 bits per heavy atom. The van der Waals surface area contributed by atoms with Crippen LogP contribution in [0.5, 0.6) is 5.75 Å². The lowest BCUT2D eigenvalue weighted by Crippen LogP contribution is -2.05. The molecule has 0 amide bonds. The van der Waals surface area contributed by atoms with Gasteiger partial charge in [-0.15, -0.1) is 0 Å². The highest BCUT2D eigenvalue weighted by Crippen LogP contribution is 2.22. The van der Waals surface area contributed by atoms with Crippen LogP contribution in [0.3, 0.4) is 0 Å². The lowest BCUT2D eigenvalue weighted by atomic mass is 10.1. The molecule has 0 aliphatic heterocycles. The molecule has 0 fully saturated rings. The van der Waals surface area contributed by atoms with Crippen molar-refractivity contribution in [3.05, 3.63) is 57.8 Å². The molecule has 1 heterocycles. The van der Waals surface area contributed by atoms with E-state index in [1.807, 2.05) is 0 Å². The van der Waals surface area contributed by atoms with E-state index in [0.717, 1.165) is 0 Å². The first-order valence-corrected chi connectivity index (χ1v) is 5.87. The Hall–Kier alpha value is -1.58. The van der Waals surface area contributed by atoms with Crippen molar-refractivity contribution in [2.24, 2.45) is 0 Å². The first-order valence-electron chi connectivity index (χ1n) is 5.11. The highest BCUT2D eigenvalue weighted by molar-refractivity contribution is 6.37. The van der Waals surface area contributed by atoms with E-state index in [9.17, 15) is 4.79 Å². The van der Waals surface area contributed by atoms with Crippen LogP contribution in [0.1, 0.15) is 16.1 Å². The third kappa shape index (κ3) is 2.63. The van der Waals surface area contributed by atoms with Crippen LogP contribution in [0.25, 0.3) is 0 Å². The molecule has 0 bridgehead atoms. The van der Waals surface area contributed by atoms with Crippen LogP contribution < -0.4 is 4.74 Å². The Labute approximate surface area is 114 Å². The summed E-state index contributed by atoms with van der Waals surface area (Å²) in [6, 6.07) is 8.29. The lowest BCUT2D eigenvalue weighted by Gasteiger charge is -2.05. The molecule has 0 spiro atoms. The average Bonchev–Trinajstić information content (AvgIpc) is 2.38. The van der Waals surface area contributed by atoms with Crippen molar-refractivity contribution in [1.82, 2.24) is 4.98 Å². The van der Waals surface area contributed by atoms with E-state index >= 15 is 0 Å². The number of pyridine rings is 1. The monoisotopic (exact) mass is 281 g/mol. The van der Waals surface area contributed by atoms with E-state index in [0.29, 0.717) is 16.3 Å². The summed E-state index contributed by atoms with van der Waals surface area (Å²) in [5, 5.41) is 0.623. The molecule has 0 saturated carbocycles. The largest absolute Gasteiger partial charge is 0.497 e. The summed E-state index contributed by atoms with van der Waals surface area (Å²) in [5.41, 5.74) is 0.639. The highest BCUT2D eigenvalue weighted by Gasteiger charge is 2.15. The molecule has 3 nitrogen and oxygen atoms in total. The summed E-state index contributed by atoms with van der Waals surface area (Å²) < 4.78 is 5.06. The minimum atomic E-state index is -0.268. The standard InChI is InChI=1S/C13H9Cl2NO2/c1-18-10-4-2-3-8(5-10)13(17)12-11(15)6-9(14)7-16-12/h2-7H,1H3. The van der Waals surface area contributed by atoms with Gasteiger partial charge in [-0.05, 0) is 18.2 Å². The van der Waals surface area contributed by atoms with Crippen molar-refractivity contribution >= 4 is 29.0 Å². The number of rotatable bonds is 3. The summed E-state index contributed by atoms with van der Waals surface area (Å²) in [6.45, 7) is 0. The number of carbonyl (C=O) groups is 1. The van der Waals surface area contributed by atoms with Crippen molar-refractivity contribution < 1.29 is 9.53 Å². The molecular formula is C13H9Cl2NO2. The highest BCUT2D eigenvalue weighted by atomic mass is 35.5. The molecule has 0 aliphatic carbocycles. The molecule has 2 rings (SSSR count). The number of halogens is 2. The van der Waals surface area contributed by atoms with Gasteiger partial charge in [0, 0.05) is 11.8 Å². The van der Waals surface area contributed by atoms with E-state index in [1.54, 1.807) is 24.3 Å². The maximum atomic E-state index is 12.2. The topological polar surface area (TPSA) is 39.2 Å². The average molecular weight is 282 g/mol. The molecule has 0 N–H and O–H groups in total. The van der Waals surface area contributed by atoms with Gasteiger partial charge in [0.1, 0.15) is 11.4 Å². The molecule has 1 aromatic carbocycles. The Balaban J connectivity index is 2.41. The first kappa shape index (κ1) is 12.9. The number of methoxy groups -OCH3 is 1. The maximum Gasteiger partial charge on any atom is 0.213 e. The number of hydrogen-bond acceptors (Lipinski definition) is 3. The van der Waals surface area contributed by atoms with E-state index in [4.69, 9.17) is 27.9 Å².